The number of rotatable bonds is 6. The smallest absolute Gasteiger partial charge is 0.375 e. The lowest BCUT2D eigenvalue weighted by Gasteiger charge is -2.33. The van der Waals surface area contributed by atoms with E-state index in [0.717, 1.165) is 19.4 Å². The first-order valence-corrected chi connectivity index (χ1v) is 11.3. The van der Waals surface area contributed by atoms with Gasteiger partial charge in [-0.3, -0.25) is 9.69 Å². The molecule has 1 aliphatic heterocycles. The van der Waals surface area contributed by atoms with Gasteiger partial charge in [-0.2, -0.15) is 0 Å². The van der Waals surface area contributed by atoms with Crippen LogP contribution in [0.1, 0.15) is 49.2 Å². The van der Waals surface area contributed by atoms with Crippen LogP contribution in [-0.4, -0.2) is 42.3 Å². The Kier molecular flexibility index (Phi) is 6.70. The van der Waals surface area contributed by atoms with Crippen molar-refractivity contribution in [3.63, 3.8) is 0 Å². The van der Waals surface area contributed by atoms with E-state index in [1.807, 2.05) is 0 Å². The quantitative estimate of drug-likeness (QED) is 0.542. The van der Waals surface area contributed by atoms with Crippen LogP contribution < -0.4 is 10.2 Å². The summed E-state index contributed by atoms with van der Waals surface area (Å²) in [4.78, 5) is 28.7. The van der Waals surface area contributed by atoms with Crippen LogP contribution in [0.15, 0.2) is 45.6 Å². The van der Waals surface area contributed by atoms with E-state index in [2.05, 4.69) is 11.8 Å². The second-order valence-electron chi connectivity index (χ2n) is 8.34. The Morgan fingerprint density at radius 3 is 2.61 bits per heavy atom. The Morgan fingerprint density at radius 2 is 1.94 bits per heavy atom. The minimum atomic E-state index is -0.719. The molecule has 0 aliphatic carbocycles. The van der Waals surface area contributed by atoms with Gasteiger partial charge in [0.25, 0.3) is 0 Å². The number of carbonyl (C=O) groups is 1. The molecule has 7 nitrogen and oxygen atoms in total. The van der Waals surface area contributed by atoms with Gasteiger partial charge in [0.05, 0.1) is 30.2 Å². The average Bonchev–Trinajstić information content (AvgIpc) is 2.82. The van der Waals surface area contributed by atoms with E-state index in [1.54, 1.807) is 44.4 Å². The second kappa shape index (κ2) is 9.67. The van der Waals surface area contributed by atoms with E-state index in [9.17, 15) is 14.7 Å². The SMILES string of the molecule is CCOC(=O)c1oc2c(CN3CCCCC3C)c(O)ccc2c(=O)c1-c1ccc(OC)cc1. The number of ether oxygens (including phenoxy) is 2. The highest BCUT2D eigenvalue weighted by atomic mass is 16.5. The fourth-order valence-corrected chi connectivity index (χ4v) is 4.41. The monoisotopic (exact) mass is 451 g/mol. The number of fused-ring (bicyclic) bond motifs is 1. The van der Waals surface area contributed by atoms with Crippen LogP contribution in [0.25, 0.3) is 22.1 Å². The molecule has 1 aliphatic rings. The zero-order valence-corrected chi connectivity index (χ0v) is 19.2. The van der Waals surface area contributed by atoms with E-state index in [4.69, 9.17) is 13.9 Å². The standard InChI is InChI=1S/C26H29NO6/c1-4-32-26(30)25-22(17-8-10-18(31-3)11-9-17)23(29)19-12-13-21(28)20(24(19)33-25)15-27-14-6-5-7-16(27)2/h8-13,16,28H,4-7,14-15H2,1-3H3. The molecule has 2 heterocycles. The van der Waals surface area contributed by atoms with Crippen LogP contribution >= 0.6 is 0 Å². The molecule has 0 spiro atoms. The molecule has 1 saturated heterocycles. The van der Waals surface area contributed by atoms with Crippen molar-refractivity contribution in [1.82, 2.24) is 4.90 Å². The summed E-state index contributed by atoms with van der Waals surface area (Å²) in [5, 5.41) is 11.0. The number of nitrogens with zero attached hydrogens (tertiary/aromatic N) is 1. The zero-order valence-electron chi connectivity index (χ0n) is 19.2. The summed E-state index contributed by atoms with van der Waals surface area (Å²) in [6.45, 7) is 5.32. The van der Waals surface area contributed by atoms with Crippen LogP contribution in [-0.2, 0) is 11.3 Å². The van der Waals surface area contributed by atoms with Crippen molar-refractivity contribution in [1.29, 1.82) is 0 Å². The third-order valence-electron chi connectivity index (χ3n) is 6.28. The van der Waals surface area contributed by atoms with Crippen molar-refractivity contribution in [2.24, 2.45) is 0 Å². The van der Waals surface area contributed by atoms with Gasteiger partial charge in [-0.05, 0) is 63.1 Å². The highest BCUT2D eigenvalue weighted by Gasteiger charge is 2.27. The Balaban J connectivity index is 1.92. The molecular formula is C26H29NO6. The van der Waals surface area contributed by atoms with Gasteiger partial charge in [0.2, 0.25) is 11.2 Å². The molecule has 33 heavy (non-hydrogen) atoms. The largest absolute Gasteiger partial charge is 0.507 e. The molecule has 4 rings (SSSR count). The van der Waals surface area contributed by atoms with Crippen LogP contribution in [0, 0.1) is 0 Å². The molecule has 0 amide bonds. The number of benzene rings is 2. The topological polar surface area (TPSA) is 89.2 Å². The summed E-state index contributed by atoms with van der Waals surface area (Å²) in [5.41, 5.74) is 1.03. The first-order valence-electron chi connectivity index (χ1n) is 11.3. The summed E-state index contributed by atoms with van der Waals surface area (Å²) in [6, 6.07) is 10.3. The zero-order chi connectivity index (χ0) is 23.5. The van der Waals surface area contributed by atoms with Crippen molar-refractivity contribution >= 4 is 16.9 Å². The van der Waals surface area contributed by atoms with Gasteiger partial charge in [0, 0.05) is 12.6 Å². The number of phenols is 1. The van der Waals surface area contributed by atoms with Crippen molar-refractivity contribution < 1.29 is 23.8 Å². The third kappa shape index (κ3) is 4.46. The number of esters is 1. The van der Waals surface area contributed by atoms with E-state index in [-0.39, 0.29) is 34.7 Å². The Bertz CT molecular complexity index is 1210. The first-order chi connectivity index (χ1) is 15.9. The number of hydrogen-bond acceptors (Lipinski definition) is 7. The lowest BCUT2D eigenvalue weighted by atomic mass is 9.99. The van der Waals surface area contributed by atoms with Gasteiger partial charge in [-0.15, -0.1) is 0 Å². The molecule has 1 N–H and O–H groups in total. The second-order valence-corrected chi connectivity index (χ2v) is 8.34. The molecular weight excluding hydrogens is 422 g/mol. The lowest BCUT2D eigenvalue weighted by Crippen LogP contribution is -2.36. The van der Waals surface area contributed by atoms with Gasteiger partial charge in [0.15, 0.2) is 0 Å². The number of likely N-dealkylation sites (tertiary alicyclic amines) is 1. The minimum Gasteiger partial charge on any atom is -0.507 e. The van der Waals surface area contributed by atoms with Gasteiger partial charge in [-0.25, -0.2) is 4.79 Å². The van der Waals surface area contributed by atoms with Gasteiger partial charge in [0.1, 0.15) is 17.1 Å². The highest BCUT2D eigenvalue weighted by Crippen LogP contribution is 2.33. The summed E-state index contributed by atoms with van der Waals surface area (Å²) in [7, 11) is 1.56. The molecule has 7 heteroatoms. The predicted octanol–water partition coefficient (Wildman–Crippen LogP) is 4.73. The number of carbonyl (C=O) groups excluding carboxylic acids is 1. The molecule has 2 aromatic carbocycles. The van der Waals surface area contributed by atoms with E-state index in [1.165, 1.54) is 12.5 Å². The number of methoxy groups -OCH3 is 1. The number of piperidine rings is 1. The molecule has 3 aromatic rings. The highest BCUT2D eigenvalue weighted by molar-refractivity contribution is 5.98. The third-order valence-corrected chi connectivity index (χ3v) is 6.28. The Morgan fingerprint density at radius 1 is 1.18 bits per heavy atom. The summed E-state index contributed by atoms with van der Waals surface area (Å²) in [5.74, 6) is -0.221. The Labute approximate surface area is 192 Å². The number of hydrogen-bond donors (Lipinski definition) is 1. The molecule has 0 radical (unpaired) electrons. The summed E-state index contributed by atoms with van der Waals surface area (Å²) < 4.78 is 16.5. The lowest BCUT2D eigenvalue weighted by molar-refractivity contribution is 0.0491. The maximum absolute atomic E-state index is 13.6. The van der Waals surface area contributed by atoms with Crippen LogP contribution in [0.3, 0.4) is 0 Å². The minimum absolute atomic E-state index is 0.0374. The van der Waals surface area contributed by atoms with Crippen LogP contribution in [0.5, 0.6) is 11.5 Å². The van der Waals surface area contributed by atoms with Gasteiger partial charge >= 0.3 is 5.97 Å². The van der Waals surface area contributed by atoms with E-state index in [0.29, 0.717) is 34.8 Å². The fraction of sp³-hybridized carbons (Fsp3) is 0.385. The van der Waals surface area contributed by atoms with E-state index >= 15 is 0 Å². The fourth-order valence-electron chi connectivity index (χ4n) is 4.41. The van der Waals surface area contributed by atoms with Gasteiger partial charge in [-0.1, -0.05) is 18.6 Å². The molecule has 1 aromatic heterocycles. The van der Waals surface area contributed by atoms with Crippen molar-refractivity contribution in [2.75, 3.05) is 20.3 Å². The first kappa shape index (κ1) is 22.9. The number of phenolic OH excluding ortho intramolecular Hbond substituents is 1. The normalized spacial score (nSPS) is 16.6. The van der Waals surface area contributed by atoms with E-state index < -0.39 is 5.97 Å². The van der Waals surface area contributed by atoms with Crippen LogP contribution in [0.4, 0.5) is 0 Å². The number of aromatic hydroxyl groups is 1. The molecule has 1 fully saturated rings. The van der Waals surface area contributed by atoms with Crippen molar-refractivity contribution in [3.05, 3.63) is 57.9 Å². The maximum atomic E-state index is 13.6. The van der Waals surface area contributed by atoms with Crippen molar-refractivity contribution in [2.45, 2.75) is 45.7 Å². The maximum Gasteiger partial charge on any atom is 0.375 e. The molecule has 1 unspecified atom stereocenters. The Hall–Kier alpha value is -3.32. The molecule has 0 saturated carbocycles. The van der Waals surface area contributed by atoms with Crippen LogP contribution in [0.2, 0.25) is 0 Å². The summed E-state index contributed by atoms with van der Waals surface area (Å²) in [6.07, 6.45) is 3.33. The van der Waals surface area contributed by atoms with Gasteiger partial charge < -0.3 is 19.0 Å². The molecule has 1 atom stereocenters. The molecule has 174 valence electrons. The predicted molar refractivity (Wildman–Crippen MR) is 126 cm³/mol. The van der Waals surface area contributed by atoms with Crippen molar-refractivity contribution in [3.8, 4) is 22.6 Å². The molecule has 0 bridgehead atoms. The average molecular weight is 452 g/mol. The summed E-state index contributed by atoms with van der Waals surface area (Å²) >= 11 is 0.